The molecular weight excluding hydrogens is 789 g/mol. The highest BCUT2D eigenvalue weighted by Gasteiger charge is 2.56. The zero-order chi connectivity index (χ0) is 42.9. The molecule has 2 aliphatic rings. The Morgan fingerprint density at radius 2 is 1.02 bits per heavy atom. The van der Waals surface area contributed by atoms with Gasteiger partial charge in [0, 0.05) is 0 Å². The van der Waals surface area contributed by atoms with E-state index in [0.29, 0.717) is 0 Å². The van der Waals surface area contributed by atoms with Crippen molar-refractivity contribution in [2.24, 2.45) is 0 Å². The van der Waals surface area contributed by atoms with Crippen LogP contribution in [0.2, 0.25) is 18.1 Å². The summed E-state index contributed by atoms with van der Waals surface area (Å²) in [5, 5.41) is 34.5. The zero-order valence-electron chi connectivity index (χ0n) is 34.6. The molecule has 13 nitrogen and oxygen atoms in total. The van der Waals surface area contributed by atoms with E-state index in [1.807, 2.05) is 73.8 Å². The Morgan fingerprint density at radius 3 is 1.48 bits per heavy atom. The van der Waals surface area contributed by atoms with E-state index in [1.54, 1.807) is 60.7 Å². The van der Waals surface area contributed by atoms with Gasteiger partial charge in [-0.15, -0.1) is 0 Å². The first kappa shape index (κ1) is 45.2. The highest BCUT2D eigenvalue weighted by Crippen LogP contribution is 2.41. The lowest BCUT2D eigenvalue weighted by Gasteiger charge is -2.50. The Balaban J connectivity index is 1.36. The van der Waals surface area contributed by atoms with E-state index in [1.165, 1.54) is 0 Å². The second-order valence-electron chi connectivity index (χ2n) is 16.5. The van der Waals surface area contributed by atoms with Crippen LogP contribution < -0.4 is 0 Å². The predicted octanol–water partition coefficient (Wildman–Crippen LogP) is 5.81. The summed E-state index contributed by atoms with van der Waals surface area (Å²) in [6, 6.07) is 35.3. The van der Waals surface area contributed by atoms with Gasteiger partial charge in [0.2, 0.25) is 0 Å². The standard InChI is InChI=1S/C46H56O13Si/c1-46(2,3)60(4,5)59-38-34(28-52-26-30-18-10-6-11-19-30)55-45(41(36(38)47)57-43(50)33-24-16-9-17-25-33)58-39-35(29-53-27-31-20-12-7-13-21-31)54-44(51)37(48)40(39)56-42(49)32-22-14-8-15-23-32/h6-25,34-41,44-45,47-48,51H,26-29H2,1-5H3/t34-,35-,36+,37+,38-,39-,40-,41+,44+,45-/m1/s1. The summed E-state index contributed by atoms with van der Waals surface area (Å²) in [4.78, 5) is 27.3. The monoisotopic (exact) mass is 844 g/mol. The molecule has 0 aromatic heterocycles. The Morgan fingerprint density at radius 1 is 0.583 bits per heavy atom. The van der Waals surface area contributed by atoms with Gasteiger partial charge in [0.05, 0.1) is 37.6 Å². The summed E-state index contributed by atoms with van der Waals surface area (Å²) < 4.78 is 50.3. The zero-order valence-corrected chi connectivity index (χ0v) is 35.6. The summed E-state index contributed by atoms with van der Waals surface area (Å²) in [5.74, 6) is -1.58. The highest BCUT2D eigenvalue weighted by atomic mass is 28.4. The minimum atomic E-state index is -2.64. The molecule has 10 atom stereocenters. The van der Waals surface area contributed by atoms with Crippen LogP contribution in [0, 0.1) is 0 Å². The van der Waals surface area contributed by atoms with E-state index in [2.05, 4.69) is 20.8 Å². The fourth-order valence-corrected chi connectivity index (χ4v) is 8.01. The van der Waals surface area contributed by atoms with Gasteiger partial charge in [-0.05, 0) is 53.5 Å². The first-order chi connectivity index (χ1) is 28.7. The van der Waals surface area contributed by atoms with Crippen LogP contribution in [-0.4, -0.2) is 110 Å². The van der Waals surface area contributed by atoms with Crippen LogP contribution in [0.4, 0.5) is 0 Å². The number of aliphatic hydroxyl groups is 3. The number of rotatable bonds is 16. The Kier molecular flexibility index (Phi) is 15.4. The van der Waals surface area contributed by atoms with Crippen molar-refractivity contribution in [3.05, 3.63) is 144 Å². The second kappa shape index (κ2) is 20.5. The van der Waals surface area contributed by atoms with Gasteiger partial charge in [0.25, 0.3) is 0 Å². The van der Waals surface area contributed by atoms with E-state index in [9.17, 15) is 24.9 Å². The molecule has 0 aliphatic carbocycles. The summed E-state index contributed by atoms with van der Waals surface area (Å²) >= 11 is 0. The van der Waals surface area contributed by atoms with Gasteiger partial charge in [-0.2, -0.15) is 0 Å². The summed E-state index contributed by atoms with van der Waals surface area (Å²) in [7, 11) is -2.64. The van der Waals surface area contributed by atoms with Crippen molar-refractivity contribution in [1.82, 2.24) is 0 Å². The van der Waals surface area contributed by atoms with Crippen LogP contribution in [0.3, 0.4) is 0 Å². The van der Waals surface area contributed by atoms with Crippen LogP contribution in [0.1, 0.15) is 52.6 Å². The number of ether oxygens (including phenoxy) is 7. The molecule has 4 aromatic rings. The van der Waals surface area contributed by atoms with Gasteiger partial charge < -0.3 is 52.9 Å². The van der Waals surface area contributed by atoms with Crippen LogP contribution in [0.5, 0.6) is 0 Å². The molecule has 0 spiro atoms. The van der Waals surface area contributed by atoms with Crippen molar-refractivity contribution in [3.63, 3.8) is 0 Å². The molecule has 14 heteroatoms. The molecule has 2 fully saturated rings. The van der Waals surface area contributed by atoms with E-state index in [-0.39, 0.29) is 42.6 Å². The van der Waals surface area contributed by atoms with E-state index >= 15 is 0 Å². The average molecular weight is 845 g/mol. The molecule has 0 unspecified atom stereocenters. The van der Waals surface area contributed by atoms with Gasteiger partial charge in [0.15, 0.2) is 33.1 Å². The fraction of sp³-hybridized carbons (Fsp3) is 0.435. The third-order valence-corrected chi connectivity index (χ3v) is 15.5. The molecular formula is C46H56O13Si. The minimum Gasteiger partial charge on any atom is -0.453 e. The largest absolute Gasteiger partial charge is 0.453 e. The number of aliphatic hydroxyl groups excluding tert-OH is 3. The van der Waals surface area contributed by atoms with Crippen LogP contribution in [0.15, 0.2) is 121 Å². The number of hydrogen-bond donors (Lipinski definition) is 3. The van der Waals surface area contributed by atoms with Crippen LogP contribution >= 0.6 is 0 Å². The van der Waals surface area contributed by atoms with Gasteiger partial charge >= 0.3 is 11.9 Å². The lowest BCUT2D eigenvalue weighted by Crippen LogP contribution is -2.67. The number of hydrogen-bond acceptors (Lipinski definition) is 13. The highest BCUT2D eigenvalue weighted by molar-refractivity contribution is 6.74. The maximum Gasteiger partial charge on any atom is 0.338 e. The average Bonchev–Trinajstić information content (AvgIpc) is 3.24. The van der Waals surface area contributed by atoms with Crippen molar-refractivity contribution in [1.29, 1.82) is 0 Å². The normalized spacial score (nSPS) is 27.2. The Hall–Kier alpha value is -4.32. The topological polar surface area (TPSA) is 169 Å². The molecule has 2 saturated heterocycles. The maximum atomic E-state index is 13.8. The van der Waals surface area contributed by atoms with Crippen molar-refractivity contribution < 1.29 is 62.5 Å². The van der Waals surface area contributed by atoms with Gasteiger partial charge in [0.1, 0.15) is 36.6 Å². The molecule has 0 amide bonds. The van der Waals surface area contributed by atoms with E-state index in [4.69, 9.17) is 37.6 Å². The second-order valence-corrected chi connectivity index (χ2v) is 21.3. The molecule has 60 heavy (non-hydrogen) atoms. The quantitative estimate of drug-likeness (QED) is 0.0914. The molecule has 4 aromatic carbocycles. The van der Waals surface area contributed by atoms with E-state index in [0.717, 1.165) is 11.1 Å². The Labute approximate surface area is 352 Å². The molecule has 2 aliphatic heterocycles. The summed E-state index contributed by atoms with van der Waals surface area (Å²) in [6.07, 6.45) is -14.4. The molecule has 2 heterocycles. The summed E-state index contributed by atoms with van der Waals surface area (Å²) in [6.45, 7) is 10.4. The van der Waals surface area contributed by atoms with E-state index < -0.39 is 81.7 Å². The van der Waals surface area contributed by atoms with Gasteiger partial charge in [-0.1, -0.05) is 118 Å². The first-order valence-electron chi connectivity index (χ1n) is 20.2. The lowest BCUT2D eigenvalue weighted by atomic mass is 9.96. The van der Waals surface area contributed by atoms with Crippen molar-refractivity contribution in [2.45, 2.75) is 114 Å². The summed E-state index contributed by atoms with van der Waals surface area (Å²) in [5.41, 5.74) is 2.16. The minimum absolute atomic E-state index is 0.0665. The van der Waals surface area contributed by atoms with Crippen LogP contribution in [-0.2, 0) is 50.8 Å². The van der Waals surface area contributed by atoms with Crippen molar-refractivity contribution in [3.8, 4) is 0 Å². The number of esters is 2. The molecule has 322 valence electrons. The predicted molar refractivity (Wildman–Crippen MR) is 222 cm³/mol. The SMILES string of the molecule is CC(C)(C)[Si](C)(C)O[C@H]1[C@H](O)[C@H](OC(=O)c2ccccc2)[C@@H](O[C@H]2[C@H](OC(=O)c3ccccc3)[C@H](O)[C@@H](O)O[C@@H]2COCc2ccccc2)O[C@@H]1COCc1ccccc1. The smallest absolute Gasteiger partial charge is 0.338 e. The molecule has 0 bridgehead atoms. The number of carbonyl (C=O) groups is 2. The third-order valence-electron chi connectivity index (χ3n) is 11.1. The molecule has 3 N–H and O–H groups in total. The van der Waals surface area contributed by atoms with Gasteiger partial charge in [-0.3, -0.25) is 0 Å². The molecule has 0 radical (unpaired) electrons. The van der Waals surface area contributed by atoms with Crippen molar-refractivity contribution >= 4 is 20.3 Å². The fourth-order valence-electron chi connectivity index (χ4n) is 6.69. The third kappa shape index (κ3) is 11.5. The number of benzene rings is 4. The van der Waals surface area contributed by atoms with Crippen LogP contribution in [0.25, 0.3) is 0 Å². The molecule has 0 saturated carbocycles. The lowest BCUT2D eigenvalue weighted by molar-refractivity contribution is -0.354. The first-order valence-corrected chi connectivity index (χ1v) is 23.1. The molecule has 6 rings (SSSR count). The number of carbonyl (C=O) groups excluding carboxylic acids is 2. The van der Waals surface area contributed by atoms with Gasteiger partial charge in [-0.25, -0.2) is 9.59 Å². The Bertz CT molecular complexity index is 1930. The maximum absolute atomic E-state index is 13.8. The van der Waals surface area contributed by atoms with Crippen molar-refractivity contribution in [2.75, 3.05) is 13.2 Å².